The molecule has 0 bridgehead atoms. The van der Waals surface area contributed by atoms with Crippen molar-refractivity contribution in [1.29, 1.82) is 5.26 Å². The summed E-state index contributed by atoms with van der Waals surface area (Å²) in [5, 5.41) is 22.7. The smallest absolute Gasteiger partial charge is 0.272 e. The summed E-state index contributed by atoms with van der Waals surface area (Å²) in [6.07, 6.45) is 7.84. The molecule has 0 unspecified atom stereocenters. The fourth-order valence-electron chi connectivity index (χ4n) is 7.37. The molecule has 3 atom stereocenters. The molecule has 6 heterocycles. The summed E-state index contributed by atoms with van der Waals surface area (Å²) in [4.78, 5) is 26.1. The number of rotatable bonds is 10. The highest BCUT2D eigenvalue weighted by Gasteiger charge is 2.44. The first kappa shape index (κ1) is 32.2. The van der Waals surface area contributed by atoms with Crippen LogP contribution in [0.4, 0.5) is 5.00 Å². The molecule has 13 nitrogen and oxygen atoms in total. The van der Waals surface area contributed by atoms with Gasteiger partial charge in [0.2, 0.25) is 5.88 Å². The van der Waals surface area contributed by atoms with E-state index in [9.17, 15) is 10.1 Å². The number of nitrogens with zero attached hydrogens (tertiary/aromatic N) is 7. The van der Waals surface area contributed by atoms with Gasteiger partial charge in [0.25, 0.3) is 5.91 Å². The number of amides is 1. The van der Waals surface area contributed by atoms with E-state index < -0.39 is 5.41 Å². The number of nitriles is 1. The van der Waals surface area contributed by atoms with Gasteiger partial charge in [-0.05, 0) is 77.6 Å². The molecule has 252 valence electrons. The van der Waals surface area contributed by atoms with Crippen LogP contribution >= 0.6 is 11.3 Å². The topological polar surface area (TPSA) is 170 Å². The van der Waals surface area contributed by atoms with Crippen LogP contribution in [-0.4, -0.2) is 80.7 Å². The lowest BCUT2D eigenvalue weighted by Gasteiger charge is -2.33. The van der Waals surface area contributed by atoms with E-state index in [1.165, 1.54) is 11.3 Å². The summed E-state index contributed by atoms with van der Waals surface area (Å²) in [6.45, 7) is 8.31. The molecule has 1 amide bonds. The monoisotopic (exact) mass is 671 g/mol. The van der Waals surface area contributed by atoms with Crippen molar-refractivity contribution in [3.8, 4) is 29.3 Å². The molecule has 0 radical (unpaired) electrons. The van der Waals surface area contributed by atoms with Gasteiger partial charge in [-0.25, -0.2) is 9.67 Å². The third kappa shape index (κ3) is 5.73. The summed E-state index contributed by atoms with van der Waals surface area (Å²) in [7, 11) is 2.12. The molecule has 2 saturated heterocycles. The first-order valence-corrected chi connectivity index (χ1v) is 17.5. The number of ether oxygens (including phenoxy) is 2. The van der Waals surface area contributed by atoms with Crippen LogP contribution in [0.1, 0.15) is 90.7 Å². The number of aromatic nitrogens is 5. The van der Waals surface area contributed by atoms with E-state index in [0.29, 0.717) is 59.2 Å². The highest BCUT2D eigenvalue weighted by atomic mass is 32.1. The summed E-state index contributed by atoms with van der Waals surface area (Å²) in [5.74, 6) is 1.59. The third-order valence-corrected chi connectivity index (χ3v) is 11.0. The number of likely N-dealkylation sites (N-methyl/N-ethyl adjacent to an activating group) is 1. The van der Waals surface area contributed by atoms with Crippen molar-refractivity contribution in [1.82, 2.24) is 35.1 Å². The number of nitrogen functional groups attached to an aromatic ring is 1. The van der Waals surface area contributed by atoms with Crippen LogP contribution in [0.15, 0.2) is 22.9 Å². The largest absolute Gasteiger partial charge is 0.473 e. The molecule has 1 aliphatic carbocycles. The van der Waals surface area contributed by atoms with Crippen molar-refractivity contribution in [3.63, 3.8) is 0 Å². The van der Waals surface area contributed by atoms with Crippen molar-refractivity contribution in [3.05, 3.63) is 51.4 Å². The van der Waals surface area contributed by atoms with Crippen molar-refractivity contribution in [2.75, 3.05) is 32.5 Å². The van der Waals surface area contributed by atoms with Crippen LogP contribution < -0.4 is 15.8 Å². The van der Waals surface area contributed by atoms with E-state index in [2.05, 4.69) is 54.4 Å². The maximum absolute atomic E-state index is 12.9. The van der Waals surface area contributed by atoms with Gasteiger partial charge < -0.3 is 25.0 Å². The standard InChI is InChI=1S/C34H41N9O4S/c1-5-8-21-29(41-47-30(21)34(3)12-6-10-25-28(34)22(16-35)31(36)48-25)32-38-26(15-27(39-32)46-19(2)24-9-7-13-42(24)4)43-14-11-23(40-43)33(44)37-20-17-45-18-20/h11,14-15,19-20,24H,5-10,12-13,17-18,36H2,1-4H3,(H,37,44)/t19-,24-,34-/m0/s1. The number of thiophene rings is 1. The Morgan fingerprint density at radius 1 is 1.33 bits per heavy atom. The Morgan fingerprint density at radius 2 is 2.17 bits per heavy atom. The highest BCUT2D eigenvalue weighted by Crippen LogP contribution is 2.50. The van der Waals surface area contributed by atoms with Crippen LogP contribution in [0.5, 0.6) is 5.88 Å². The summed E-state index contributed by atoms with van der Waals surface area (Å²) in [6, 6.07) is 6.00. The SMILES string of the molecule is CCCc1c(-c2nc(O[C@@H](C)[C@@H]3CCCN3C)cc(-n3ccc(C(=O)NC4COC4)n3)n2)noc1[C@@]1(C)CCCc2sc(N)c(C#N)c21. The van der Waals surface area contributed by atoms with Crippen LogP contribution in [0, 0.1) is 11.3 Å². The van der Waals surface area contributed by atoms with E-state index in [-0.39, 0.29) is 29.8 Å². The summed E-state index contributed by atoms with van der Waals surface area (Å²) >= 11 is 1.49. The Kier molecular flexibility index (Phi) is 8.69. The number of carbonyl (C=O) groups is 1. The third-order valence-electron chi connectivity index (χ3n) is 9.90. The number of nitrogens with one attached hydrogen (secondary N) is 1. The van der Waals surface area contributed by atoms with Gasteiger partial charge in [-0.3, -0.25) is 9.69 Å². The Bertz CT molecular complexity index is 1870. The first-order chi connectivity index (χ1) is 23.2. The Balaban J connectivity index is 1.31. The maximum Gasteiger partial charge on any atom is 0.272 e. The Labute approximate surface area is 283 Å². The van der Waals surface area contributed by atoms with Gasteiger partial charge in [-0.2, -0.15) is 15.3 Å². The molecular formula is C34H41N9O4S. The summed E-state index contributed by atoms with van der Waals surface area (Å²) < 4.78 is 19.5. The van der Waals surface area contributed by atoms with Crippen LogP contribution in [-0.2, 0) is 23.0 Å². The molecule has 14 heteroatoms. The minimum absolute atomic E-state index is 0.0151. The van der Waals surface area contributed by atoms with Gasteiger partial charge in [-0.15, -0.1) is 11.3 Å². The van der Waals surface area contributed by atoms with Crippen LogP contribution in [0.2, 0.25) is 0 Å². The molecule has 0 aromatic carbocycles. The van der Waals surface area contributed by atoms with E-state index in [1.54, 1.807) is 23.0 Å². The zero-order valence-electron chi connectivity index (χ0n) is 27.8. The molecule has 3 N–H and O–H groups in total. The molecular weight excluding hydrogens is 631 g/mol. The fourth-order valence-corrected chi connectivity index (χ4v) is 8.56. The minimum atomic E-state index is -0.587. The lowest BCUT2D eigenvalue weighted by atomic mass is 9.69. The minimum Gasteiger partial charge on any atom is -0.473 e. The van der Waals surface area contributed by atoms with Gasteiger partial charge in [-0.1, -0.05) is 18.5 Å². The van der Waals surface area contributed by atoms with E-state index in [4.69, 9.17) is 29.7 Å². The fraction of sp³-hybridized carbons (Fsp3) is 0.529. The molecule has 48 heavy (non-hydrogen) atoms. The Hall–Kier alpha value is -4.32. The van der Waals surface area contributed by atoms with Crippen LogP contribution in [0.25, 0.3) is 17.3 Å². The van der Waals surface area contributed by atoms with E-state index >= 15 is 0 Å². The molecule has 2 aliphatic heterocycles. The Morgan fingerprint density at radius 3 is 2.88 bits per heavy atom. The lowest BCUT2D eigenvalue weighted by Crippen LogP contribution is -2.48. The second-order valence-corrected chi connectivity index (χ2v) is 14.4. The predicted molar refractivity (Wildman–Crippen MR) is 179 cm³/mol. The number of fused-ring (bicyclic) bond motifs is 1. The van der Waals surface area contributed by atoms with Crippen molar-refractivity contribution >= 4 is 22.2 Å². The number of carbonyl (C=O) groups excluding carboxylic acids is 1. The molecule has 0 saturated carbocycles. The average molecular weight is 672 g/mol. The number of likely N-dealkylation sites (tertiary alicyclic amines) is 1. The van der Waals surface area contributed by atoms with Crippen molar-refractivity contribution < 1.29 is 18.8 Å². The van der Waals surface area contributed by atoms with Crippen molar-refractivity contribution in [2.45, 2.75) is 89.3 Å². The quantitative estimate of drug-likeness (QED) is 0.245. The molecule has 4 aromatic heterocycles. The van der Waals surface area contributed by atoms with Gasteiger partial charge in [0, 0.05) is 28.7 Å². The first-order valence-electron chi connectivity index (χ1n) is 16.7. The van der Waals surface area contributed by atoms with Gasteiger partial charge in [0.1, 0.15) is 17.2 Å². The van der Waals surface area contributed by atoms with Crippen molar-refractivity contribution in [2.24, 2.45) is 0 Å². The molecule has 7 rings (SSSR count). The second-order valence-electron chi connectivity index (χ2n) is 13.3. The number of aryl methyl sites for hydroxylation is 1. The van der Waals surface area contributed by atoms with E-state index in [0.717, 1.165) is 61.1 Å². The normalized spacial score (nSPS) is 21.8. The van der Waals surface area contributed by atoms with E-state index in [1.807, 2.05) is 0 Å². The predicted octanol–water partition coefficient (Wildman–Crippen LogP) is 4.42. The number of hydrogen-bond donors (Lipinski definition) is 2. The van der Waals surface area contributed by atoms with Gasteiger partial charge >= 0.3 is 0 Å². The zero-order chi connectivity index (χ0) is 33.6. The highest BCUT2D eigenvalue weighted by molar-refractivity contribution is 7.16. The zero-order valence-corrected chi connectivity index (χ0v) is 28.6. The number of nitrogens with two attached hydrogens (primary N) is 1. The average Bonchev–Trinajstić information content (AvgIpc) is 3.85. The molecule has 2 fully saturated rings. The second kappa shape index (κ2) is 12.9. The van der Waals surface area contributed by atoms with Gasteiger partial charge in [0.15, 0.2) is 28.8 Å². The number of anilines is 1. The van der Waals surface area contributed by atoms with Gasteiger partial charge in [0.05, 0.1) is 30.2 Å². The number of hydrogen-bond acceptors (Lipinski definition) is 12. The maximum atomic E-state index is 12.9. The molecule has 0 spiro atoms. The molecule has 3 aliphatic rings. The lowest BCUT2D eigenvalue weighted by molar-refractivity contribution is -0.00355. The van der Waals surface area contributed by atoms with Crippen LogP contribution in [0.3, 0.4) is 0 Å². The molecule has 4 aromatic rings. The summed E-state index contributed by atoms with van der Waals surface area (Å²) in [5.41, 5.74) is 8.91.